The molecule has 1 fully saturated rings. The summed E-state index contributed by atoms with van der Waals surface area (Å²) in [6, 6.07) is -0.469. The molecule has 0 aliphatic carbocycles. The quantitative estimate of drug-likeness (QED) is 0.184. The standard InChI is InChI=1S/C26H41NO8/c1-18(2)22-17-34-26(33)27(22)25(32)19(3)24(35-20(4)29)23(31)15-14-21(30)13-11-9-7-5-6-8-10-12-16-28/h14-15,18-19,22,24,28H,5-13,16-17H2,1-4H3. The molecular formula is C26H41NO8. The molecule has 0 aromatic heterocycles. The Bertz CT molecular complexity index is 760. The number of unbranched alkanes of at least 4 members (excludes halogenated alkanes) is 7. The van der Waals surface area contributed by atoms with Crippen LogP contribution >= 0.6 is 0 Å². The van der Waals surface area contributed by atoms with E-state index in [-0.39, 0.29) is 24.9 Å². The fourth-order valence-electron chi connectivity index (χ4n) is 3.94. The molecule has 1 N–H and O–H groups in total. The molecule has 0 saturated carbocycles. The summed E-state index contributed by atoms with van der Waals surface area (Å²) in [5.74, 6) is -3.50. The molecule has 3 unspecified atom stereocenters. The second-order valence-corrected chi connectivity index (χ2v) is 9.42. The molecule has 1 heterocycles. The van der Waals surface area contributed by atoms with Gasteiger partial charge >= 0.3 is 12.1 Å². The predicted octanol–water partition coefficient (Wildman–Crippen LogP) is 3.76. The number of ketones is 2. The maximum Gasteiger partial charge on any atom is 0.416 e. The molecule has 9 heteroatoms. The molecule has 0 spiro atoms. The van der Waals surface area contributed by atoms with Crippen LogP contribution in [0.5, 0.6) is 0 Å². The van der Waals surface area contributed by atoms with Crippen molar-refractivity contribution in [1.29, 1.82) is 0 Å². The molecule has 0 radical (unpaired) electrons. The van der Waals surface area contributed by atoms with Crippen LogP contribution in [0.2, 0.25) is 0 Å². The predicted molar refractivity (Wildman–Crippen MR) is 129 cm³/mol. The van der Waals surface area contributed by atoms with Gasteiger partial charge in [0.15, 0.2) is 17.7 Å². The first-order valence-electron chi connectivity index (χ1n) is 12.6. The fraction of sp³-hybridized carbons (Fsp3) is 0.731. The Morgan fingerprint density at radius 1 is 1.00 bits per heavy atom. The summed E-state index contributed by atoms with van der Waals surface area (Å²) in [7, 11) is 0. The Labute approximate surface area is 208 Å². The number of nitrogens with zero attached hydrogens (tertiary/aromatic N) is 1. The molecule has 1 saturated heterocycles. The van der Waals surface area contributed by atoms with Crippen LogP contribution in [0.15, 0.2) is 12.2 Å². The molecule has 1 rings (SSSR count). The van der Waals surface area contributed by atoms with Crippen LogP contribution in [0.3, 0.4) is 0 Å². The number of aliphatic hydroxyl groups is 1. The maximum absolute atomic E-state index is 13.0. The number of rotatable bonds is 17. The highest BCUT2D eigenvalue weighted by Gasteiger charge is 2.44. The number of esters is 1. The summed E-state index contributed by atoms with van der Waals surface area (Å²) in [4.78, 5) is 62.6. The van der Waals surface area contributed by atoms with Gasteiger partial charge in [0, 0.05) is 20.0 Å². The normalized spacial score (nSPS) is 17.5. The first-order chi connectivity index (χ1) is 16.6. The number of carbonyl (C=O) groups excluding carboxylic acids is 5. The van der Waals surface area contributed by atoms with E-state index in [1.54, 1.807) is 0 Å². The van der Waals surface area contributed by atoms with E-state index in [1.807, 2.05) is 13.8 Å². The zero-order chi connectivity index (χ0) is 26.4. The highest BCUT2D eigenvalue weighted by molar-refractivity contribution is 6.04. The molecule has 0 bridgehead atoms. The number of allylic oxidation sites excluding steroid dienone is 1. The average molecular weight is 496 g/mol. The number of carbonyl (C=O) groups is 5. The summed E-state index contributed by atoms with van der Waals surface area (Å²) in [6.45, 7) is 6.54. The lowest BCUT2D eigenvalue weighted by Crippen LogP contribution is -2.48. The Kier molecular flexibility index (Phi) is 14.1. The van der Waals surface area contributed by atoms with Gasteiger partial charge in [-0.25, -0.2) is 9.69 Å². The number of ether oxygens (including phenoxy) is 2. The van der Waals surface area contributed by atoms with Crippen molar-refractivity contribution in [2.75, 3.05) is 13.2 Å². The van der Waals surface area contributed by atoms with Gasteiger partial charge < -0.3 is 14.6 Å². The van der Waals surface area contributed by atoms with Crippen LogP contribution in [0, 0.1) is 11.8 Å². The third-order valence-corrected chi connectivity index (χ3v) is 6.09. The number of hydrogen-bond donors (Lipinski definition) is 1. The van der Waals surface area contributed by atoms with Crippen molar-refractivity contribution in [3.05, 3.63) is 12.2 Å². The van der Waals surface area contributed by atoms with Crippen molar-refractivity contribution in [2.24, 2.45) is 11.8 Å². The molecule has 0 aromatic rings. The van der Waals surface area contributed by atoms with Crippen molar-refractivity contribution in [3.8, 4) is 0 Å². The topological polar surface area (TPSA) is 127 Å². The summed E-state index contributed by atoms with van der Waals surface area (Å²) < 4.78 is 10.1. The minimum absolute atomic E-state index is 0.0516. The summed E-state index contributed by atoms with van der Waals surface area (Å²) in [6.07, 6.45) is 8.11. The minimum Gasteiger partial charge on any atom is -0.453 e. The van der Waals surface area contributed by atoms with E-state index in [0.717, 1.165) is 68.9 Å². The Morgan fingerprint density at radius 2 is 1.57 bits per heavy atom. The number of cyclic esters (lactones) is 1. The monoisotopic (exact) mass is 495 g/mol. The van der Waals surface area contributed by atoms with Crippen LogP contribution < -0.4 is 0 Å². The van der Waals surface area contributed by atoms with Gasteiger partial charge in [-0.05, 0) is 37.8 Å². The highest BCUT2D eigenvalue weighted by atomic mass is 16.6. The van der Waals surface area contributed by atoms with Crippen molar-refractivity contribution in [1.82, 2.24) is 4.90 Å². The van der Waals surface area contributed by atoms with Crippen LogP contribution in [0.25, 0.3) is 0 Å². The van der Waals surface area contributed by atoms with Gasteiger partial charge in [0.1, 0.15) is 6.61 Å². The second kappa shape index (κ2) is 16.2. The first-order valence-corrected chi connectivity index (χ1v) is 12.6. The van der Waals surface area contributed by atoms with E-state index < -0.39 is 41.8 Å². The summed E-state index contributed by atoms with van der Waals surface area (Å²) in [5.41, 5.74) is 0. The van der Waals surface area contributed by atoms with Crippen molar-refractivity contribution >= 4 is 29.5 Å². The van der Waals surface area contributed by atoms with Gasteiger partial charge in [0.2, 0.25) is 5.91 Å². The molecule has 35 heavy (non-hydrogen) atoms. The zero-order valence-electron chi connectivity index (χ0n) is 21.5. The van der Waals surface area contributed by atoms with Crippen molar-refractivity contribution in [3.63, 3.8) is 0 Å². The molecule has 9 nitrogen and oxygen atoms in total. The SMILES string of the molecule is CC(=O)OC(C(=O)C=CC(=O)CCCCCCCCCCO)C(C)C(=O)N1C(=O)OCC1C(C)C. The lowest BCUT2D eigenvalue weighted by molar-refractivity contribution is -0.158. The van der Waals surface area contributed by atoms with E-state index in [1.165, 1.54) is 6.92 Å². The van der Waals surface area contributed by atoms with E-state index >= 15 is 0 Å². The molecule has 0 aromatic carbocycles. The molecule has 2 amide bonds. The summed E-state index contributed by atoms with van der Waals surface area (Å²) in [5, 5.41) is 8.76. The first kappa shape index (κ1) is 30.5. The van der Waals surface area contributed by atoms with E-state index in [9.17, 15) is 24.0 Å². The third kappa shape index (κ3) is 10.7. The van der Waals surface area contributed by atoms with E-state index in [0.29, 0.717) is 12.8 Å². The van der Waals surface area contributed by atoms with Gasteiger partial charge in [0.25, 0.3) is 0 Å². The molecular weight excluding hydrogens is 454 g/mol. The molecule has 3 atom stereocenters. The van der Waals surface area contributed by atoms with Gasteiger partial charge in [-0.3, -0.25) is 19.2 Å². The second-order valence-electron chi connectivity index (χ2n) is 9.42. The third-order valence-electron chi connectivity index (χ3n) is 6.09. The smallest absolute Gasteiger partial charge is 0.416 e. The Morgan fingerprint density at radius 3 is 2.11 bits per heavy atom. The average Bonchev–Trinajstić information content (AvgIpc) is 3.20. The highest BCUT2D eigenvalue weighted by Crippen LogP contribution is 2.24. The van der Waals surface area contributed by atoms with E-state index in [2.05, 4.69) is 0 Å². The van der Waals surface area contributed by atoms with Gasteiger partial charge in [-0.2, -0.15) is 0 Å². The number of amides is 2. The number of aliphatic hydroxyl groups excluding tert-OH is 1. The lowest BCUT2D eigenvalue weighted by Gasteiger charge is -2.28. The Hall–Kier alpha value is -2.55. The fourth-order valence-corrected chi connectivity index (χ4v) is 3.94. The molecule has 198 valence electrons. The van der Waals surface area contributed by atoms with Crippen LogP contribution in [-0.2, 0) is 28.7 Å². The lowest BCUT2D eigenvalue weighted by atomic mass is 9.96. The van der Waals surface area contributed by atoms with Crippen molar-refractivity contribution < 1.29 is 38.6 Å². The van der Waals surface area contributed by atoms with Crippen molar-refractivity contribution in [2.45, 2.75) is 97.6 Å². The van der Waals surface area contributed by atoms with E-state index in [4.69, 9.17) is 14.6 Å². The van der Waals surface area contributed by atoms with Gasteiger partial charge in [-0.1, -0.05) is 52.4 Å². The number of hydrogen-bond acceptors (Lipinski definition) is 8. The Balaban J connectivity index is 2.61. The molecule has 1 aliphatic heterocycles. The summed E-state index contributed by atoms with van der Waals surface area (Å²) >= 11 is 0. The van der Waals surface area contributed by atoms with Crippen LogP contribution in [0.4, 0.5) is 4.79 Å². The van der Waals surface area contributed by atoms with Gasteiger partial charge in [-0.15, -0.1) is 0 Å². The van der Waals surface area contributed by atoms with Gasteiger partial charge in [0.05, 0.1) is 12.0 Å². The van der Waals surface area contributed by atoms with Crippen LogP contribution in [-0.4, -0.2) is 64.9 Å². The molecule has 1 aliphatic rings. The maximum atomic E-state index is 13.0. The number of imide groups is 1. The van der Waals surface area contributed by atoms with Crippen LogP contribution in [0.1, 0.15) is 85.5 Å². The zero-order valence-corrected chi connectivity index (χ0v) is 21.5. The minimum atomic E-state index is -1.45. The largest absolute Gasteiger partial charge is 0.453 e.